The van der Waals surface area contributed by atoms with Crippen LogP contribution in [0.3, 0.4) is 0 Å². The normalized spacial score (nSPS) is 12.4. The summed E-state index contributed by atoms with van der Waals surface area (Å²) in [6, 6.07) is 13.9. The number of nitrogens with zero attached hydrogens (tertiary/aromatic N) is 4. The van der Waals surface area contributed by atoms with Gasteiger partial charge in [-0.2, -0.15) is 10.1 Å². The van der Waals surface area contributed by atoms with E-state index in [1.54, 1.807) is 6.20 Å². The molecule has 4 rings (SSSR count). The van der Waals surface area contributed by atoms with Gasteiger partial charge in [0.1, 0.15) is 0 Å². The number of rotatable bonds is 4. The van der Waals surface area contributed by atoms with Gasteiger partial charge < -0.3 is 0 Å². The van der Waals surface area contributed by atoms with E-state index in [1.807, 2.05) is 47.1 Å². The largest absolute Gasteiger partial charge is 0.262 e. The summed E-state index contributed by atoms with van der Waals surface area (Å²) < 4.78 is 1.98. The van der Waals surface area contributed by atoms with Crippen LogP contribution in [0.4, 0.5) is 11.4 Å². The van der Waals surface area contributed by atoms with Gasteiger partial charge in [-0.15, -0.1) is 4.91 Å². The molecular weight excluding hydrogens is 324 g/mol. The molecular formula is C18H15ClN4O. The molecule has 1 aromatic heterocycles. The minimum atomic E-state index is 0.241. The molecule has 0 N–H and O–H groups in total. The van der Waals surface area contributed by atoms with Crippen molar-refractivity contribution in [2.24, 2.45) is 5.29 Å². The lowest BCUT2D eigenvalue weighted by Crippen LogP contribution is -2.05. The van der Waals surface area contributed by atoms with Crippen LogP contribution in [0.15, 0.2) is 53.9 Å². The number of benzene rings is 2. The van der Waals surface area contributed by atoms with Crippen LogP contribution >= 0.6 is 11.6 Å². The lowest BCUT2D eigenvalue weighted by molar-refractivity contribution is 0.538. The molecule has 5 nitrogen and oxygen atoms in total. The number of hydrogen-bond acceptors (Lipinski definition) is 3. The molecule has 0 radical (unpaired) electrons. The lowest BCUT2D eigenvalue weighted by Gasteiger charge is -2.15. The molecule has 2 heterocycles. The van der Waals surface area contributed by atoms with Crippen LogP contribution in [-0.4, -0.2) is 9.78 Å². The molecule has 0 atom stereocenters. The SMILES string of the molecule is CC(C)n1nccc1-c1cccc(Cl)c1-c1ccc2c(c1)N2N=O. The maximum Gasteiger partial charge on any atom is 0.0950 e. The predicted octanol–water partition coefficient (Wildman–Crippen LogP) is 5.58. The Morgan fingerprint density at radius 1 is 1.12 bits per heavy atom. The number of fused-ring (bicyclic) bond motifs is 1. The quantitative estimate of drug-likeness (QED) is 0.460. The second kappa shape index (κ2) is 5.46. The Morgan fingerprint density at radius 3 is 2.71 bits per heavy atom. The van der Waals surface area contributed by atoms with Crippen molar-refractivity contribution in [2.45, 2.75) is 19.9 Å². The average Bonchev–Trinajstić information content (AvgIpc) is 3.04. The van der Waals surface area contributed by atoms with Gasteiger partial charge >= 0.3 is 0 Å². The zero-order valence-electron chi connectivity index (χ0n) is 13.3. The van der Waals surface area contributed by atoms with E-state index in [-0.39, 0.29) is 6.04 Å². The van der Waals surface area contributed by atoms with Crippen molar-refractivity contribution >= 4 is 23.0 Å². The first kappa shape index (κ1) is 14.9. The molecule has 0 spiro atoms. The van der Waals surface area contributed by atoms with Crippen LogP contribution in [0.25, 0.3) is 22.4 Å². The monoisotopic (exact) mass is 338 g/mol. The Bertz CT molecular complexity index is 948. The van der Waals surface area contributed by atoms with E-state index in [0.29, 0.717) is 5.02 Å². The number of hydrogen-bond donors (Lipinski definition) is 0. The van der Waals surface area contributed by atoms with Crippen molar-refractivity contribution < 1.29 is 0 Å². The summed E-state index contributed by atoms with van der Waals surface area (Å²) in [7, 11) is 0. The zero-order valence-corrected chi connectivity index (χ0v) is 14.0. The smallest absolute Gasteiger partial charge is 0.0950 e. The van der Waals surface area contributed by atoms with Gasteiger partial charge in [-0.1, -0.05) is 29.8 Å². The summed E-state index contributed by atoms with van der Waals surface area (Å²) >= 11 is 6.52. The van der Waals surface area contributed by atoms with E-state index in [1.165, 1.54) is 5.01 Å². The van der Waals surface area contributed by atoms with E-state index in [9.17, 15) is 4.91 Å². The fourth-order valence-corrected chi connectivity index (χ4v) is 3.33. The summed E-state index contributed by atoms with van der Waals surface area (Å²) in [5.41, 5.74) is 5.58. The van der Waals surface area contributed by atoms with Gasteiger partial charge in [0.15, 0.2) is 0 Å². The summed E-state index contributed by atoms with van der Waals surface area (Å²) in [4.78, 5) is 10.8. The third-order valence-corrected chi connectivity index (χ3v) is 4.52. The molecule has 120 valence electrons. The van der Waals surface area contributed by atoms with Gasteiger partial charge in [0, 0.05) is 28.4 Å². The van der Waals surface area contributed by atoms with E-state index in [4.69, 9.17) is 11.6 Å². The molecule has 1 aliphatic rings. The van der Waals surface area contributed by atoms with E-state index in [2.05, 4.69) is 24.2 Å². The first-order chi connectivity index (χ1) is 11.6. The van der Waals surface area contributed by atoms with Crippen LogP contribution in [0.2, 0.25) is 5.02 Å². The summed E-state index contributed by atoms with van der Waals surface area (Å²) in [5, 5.41) is 9.43. The van der Waals surface area contributed by atoms with Crippen molar-refractivity contribution in [3.8, 4) is 22.4 Å². The Morgan fingerprint density at radius 2 is 1.96 bits per heavy atom. The molecule has 6 heteroatoms. The van der Waals surface area contributed by atoms with Gasteiger partial charge in [0.2, 0.25) is 0 Å². The first-order valence-electron chi connectivity index (χ1n) is 7.72. The number of halogens is 1. The number of anilines is 2. The molecule has 24 heavy (non-hydrogen) atoms. The van der Waals surface area contributed by atoms with Gasteiger partial charge in [-0.3, -0.25) is 4.68 Å². The fraction of sp³-hybridized carbons (Fsp3) is 0.167. The van der Waals surface area contributed by atoms with Gasteiger partial charge in [0.05, 0.1) is 22.4 Å². The molecule has 0 amide bonds. The third-order valence-electron chi connectivity index (χ3n) is 4.20. The Labute approximate surface area is 144 Å². The van der Waals surface area contributed by atoms with Crippen molar-refractivity contribution in [2.75, 3.05) is 5.01 Å². The number of aromatic nitrogens is 2. The molecule has 2 aromatic carbocycles. The summed E-state index contributed by atoms with van der Waals surface area (Å²) in [6.07, 6.45) is 1.80. The summed E-state index contributed by atoms with van der Waals surface area (Å²) in [6.45, 7) is 4.19. The minimum absolute atomic E-state index is 0.241. The fourth-order valence-electron chi connectivity index (χ4n) is 3.05. The second-order valence-corrected chi connectivity index (χ2v) is 6.42. The van der Waals surface area contributed by atoms with E-state index in [0.717, 1.165) is 33.8 Å². The zero-order chi connectivity index (χ0) is 16.8. The van der Waals surface area contributed by atoms with Crippen LogP contribution < -0.4 is 5.01 Å². The van der Waals surface area contributed by atoms with Gasteiger partial charge in [0.25, 0.3) is 0 Å². The molecule has 0 fully saturated rings. The topological polar surface area (TPSA) is 50.3 Å². The van der Waals surface area contributed by atoms with Crippen LogP contribution in [0.5, 0.6) is 0 Å². The standard InChI is InChI=1S/C18H15ClN4O/c1-11(2)22-15(8-9-20-22)13-4-3-5-14(19)18(13)12-6-7-16-17(10-12)23(16)21-24/h3-11H,1-2H3. The van der Waals surface area contributed by atoms with Crippen molar-refractivity contribution in [3.63, 3.8) is 0 Å². The van der Waals surface area contributed by atoms with Crippen molar-refractivity contribution in [3.05, 3.63) is 58.6 Å². The van der Waals surface area contributed by atoms with Gasteiger partial charge in [-0.05, 0) is 43.7 Å². The Kier molecular flexibility index (Phi) is 3.39. The van der Waals surface area contributed by atoms with Crippen molar-refractivity contribution in [1.29, 1.82) is 0 Å². The molecule has 0 aliphatic carbocycles. The predicted molar refractivity (Wildman–Crippen MR) is 96.4 cm³/mol. The molecule has 0 saturated heterocycles. The lowest BCUT2D eigenvalue weighted by atomic mass is 9.97. The molecule has 0 saturated carbocycles. The maximum absolute atomic E-state index is 10.8. The van der Waals surface area contributed by atoms with Gasteiger partial charge in [-0.25, -0.2) is 0 Å². The molecule has 0 bridgehead atoms. The Hall–Kier alpha value is -2.66. The highest BCUT2D eigenvalue weighted by Gasteiger charge is 2.31. The third kappa shape index (κ3) is 2.20. The minimum Gasteiger partial charge on any atom is -0.262 e. The van der Waals surface area contributed by atoms with Crippen LogP contribution in [0.1, 0.15) is 19.9 Å². The molecule has 3 aromatic rings. The highest BCUT2D eigenvalue weighted by Crippen LogP contribution is 2.51. The Balaban J connectivity index is 1.90. The highest BCUT2D eigenvalue weighted by atomic mass is 35.5. The van der Waals surface area contributed by atoms with E-state index >= 15 is 0 Å². The molecule has 0 unspecified atom stereocenters. The summed E-state index contributed by atoms with van der Waals surface area (Å²) in [5.74, 6) is 0. The highest BCUT2D eigenvalue weighted by molar-refractivity contribution is 6.34. The first-order valence-corrected chi connectivity index (χ1v) is 8.10. The number of nitroso groups, excluding NO2 is 1. The molecule has 1 aliphatic heterocycles. The average molecular weight is 339 g/mol. The second-order valence-electron chi connectivity index (χ2n) is 6.01. The maximum atomic E-state index is 10.8. The van der Waals surface area contributed by atoms with E-state index < -0.39 is 0 Å². The van der Waals surface area contributed by atoms with Crippen LogP contribution in [0, 0.1) is 4.91 Å². The van der Waals surface area contributed by atoms with Crippen molar-refractivity contribution in [1.82, 2.24) is 9.78 Å². The van der Waals surface area contributed by atoms with Crippen LogP contribution in [-0.2, 0) is 0 Å².